The van der Waals surface area contributed by atoms with Gasteiger partial charge in [0.05, 0.1) is 16.6 Å². The van der Waals surface area contributed by atoms with E-state index in [-0.39, 0.29) is 18.4 Å². The van der Waals surface area contributed by atoms with Crippen LogP contribution in [0.1, 0.15) is 18.9 Å². The maximum atomic E-state index is 12.1. The van der Waals surface area contributed by atoms with Crippen LogP contribution in [0.25, 0.3) is 0 Å². The van der Waals surface area contributed by atoms with E-state index in [9.17, 15) is 9.59 Å². The maximum Gasteiger partial charge on any atom is 0.245 e. The first-order valence-electron chi connectivity index (χ1n) is 6.03. The first-order valence-corrected chi connectivity index (χ1v) is 6.79. The molecular weight excluding hydrogens is 287 g/mol. The first-order chi connectivity index (χ1) is 9.01. The second kappa shape index (κ2) is 5.80. The number of nitrogens with zero attached hydrogens (tertiary/aromatic N) is 1. The molecule has 0 aromatic heterocycles. The lowest BCUT2D eigenvalue weighted by Crippen LogP contribution is -2.57. The second-order valence-corrected chi connectivity index (χ2v) is 5.29. The highest BCUT2D eigenvalue weighted by Crippen LogP contribution is 2.23. The van der Waals surface area contributed by atoms with Crippen molar-refractivity contribution in [3.8, 4) is 0 Å². The third kappa shape index (κ3) is 3.19. The van der Waals surface area contributed by atoms with E-state index in [2.05, 4.69) is 5.32 Å². The average molecular weight is 301 g/mol. The van der Waals surface area contributed by atoms with Gasteiger partial charge in [0.1, 0.15) is 6.04 Å². The minimum absolute atomic E-state index is 0.0619. The highest BCUT2D eigenvalue weighted by Gasteiger charge is 2.31. The summed E-state index contributed by atoms with van der Waals surface area (Å²) in [6.07, 6.45) is 0.586. The molecule has 2 amide bonds. The van der Waals surface area contributed by atoms with E-state index in [1.54, 1.807) is 18.2 Å². The number of rotatable bonds is 3. The van der Waals surface area contributed by atoms with Crippen LogP contribution in [-0.2, 0) is 16.1 Å². The van der Waals surface area contributed by atoms with Gasteiger partial charge in [-0.05, 0) is 24.1 Å². The van der Waals surface area contributed by atoms with Crippen molar-refractivity contribution in [2.75, 3.05) is 6.54 Å². The van der Waals surface area contributed by atoms with E-state index in [1.165, 1.54) is 4.90 Å². The lowest BCUT2D eigenvalue weighted by molar-refractivity contribution is -0.144. The highest BCUT2D eigenvalue weighted by atomic mass is 35.5. The molecule has 102 valence electrons. The van der Waals surface area contributed by atoms with E-state index >= 15 is 0 Å². The standard InChI is InChI=1S/C13H14Cl2N2O2/c1-2-11-13(19)17(7-12(18)16-11)6-8-3-4-9(14)10(15)5-8/h3-5,11H,2,6-7H2,1H3,(H,16,18). The molecule has 0 bridgehead atoms. The van der Waals surface area contributed by atoms with Crippen LogP contribution in [0.2, 0.25) is 10.0 Å². The van der Waals surface area contributed by atoms with Crippen LogP contribution in [0.3, 0.4) is 0 Å². The topological polar surface area (TPSA) is 49.4 Å². The Morgan fingerprint density at radius 1 is 1.32 bits per heavy atom. The Balaban J connectivity index is 2.14. The van der Waals surface area contributed by atoms with Gasteiger partial charge in [-0.2, -0.15) is 0 Å². The van der Waals surface area contributed by atoms with Crippen molar-refractivity contribution in [2.24, 2.45) is 0 Å². The number of carbonyl (C=O) groups is 2. The summed E-state index contributed by atoms with van der Waals surface area (Å²) in [7, 11) is 0. The number of amides is 2. The zero-order chi connectivity index (χ0) is 14.0. The molecule has 4 nitrogen and oxygen atoms in total. The summed E-state index contributed by atoms with van der Waals surface area (Å²) in [5.74, 6) is -0.195. The fourth-order valence-corrected chi connectivity index (χ4v) is 2.36. The number of piperazine rings is 1. The maximum absolute atomic E-state index is 12.1. The molecule has 0 spiro atoms. The minimum atomic E-state index is -0.427. The summed E-state index contributed by atoms with van der Waals surface area (Å²) in [5.41, 5.74) is 0.854. The van der Waals surface area contributed by atoms with Crippen LogP contribution in [0, 0.1) is 0 Å². The number of nitrogens with one attached hydrogen (secondary N) is 1. The van der Waals surface area contributed by atoms with E-state index in [0.717, 1.165) is 5.56 Å². The molecule has 0 saturated carbocycles. The third-order valence-electron chi connectivity index (χ3n) is 3.05. The summed E-state index contributed by atoms with van der Waals surface area (Å²) >= 11 is 11.8. The van der Waals surface area contributed by atoms with Crippen molar-refractivity contribution >= 4 is 35.0 Å². The number of benzene rings is 1. The highest BCUT2D eigenvalue weighted by molar-refractivity contribution is 6.42. The lowest BCUT2D eigenvalue weighted by atomic mass is 10.1. The van der Waals surface area contributed by atoms with Crippen molar-refractivity contribution in [3.05, 3.63) is 33.8 Å². The van der Waals surface area contributed by atoms with Crippen LogP contribution in [-0.4, -0.2) is 29.3 Å². The van der Waals surface area contributed by atoms with Crippen molar-refractivity contribution in [3.63, 3.8) is 0 Å². The fourth-order valence-electron chi connectivity index (χ4n) is 2.04. The van der Waals surface area contributed by atoms with Gasteiger partial charge in [0.15, 0.2) is 0 Å². The zero-order valence-electron chi connectivity index (χ0n) is 10.5. The molecular formula is C13H14Cl2N2O2. The molecule has 0 aliphatic carbocycles. The van der Waals surface area contributed by atoms with E-state index in [0.29, 0.717) is 23.0 Å². The Morgan fingerprint density at radius 3 is 2.68 bits per heavy atom. The molecule has 1 N–H and O–H groups in total. The van der Waals surface area contributed by atoms with Gasteiger partial charge in [0, 0.05) is 6.54 Å². The van der Waals surface area contributed by atoms with Gasteiger partial charge in [-0.1, -0.05) is 36.2 Å². The van der Waals surface area contributed by atoms with Gasteiger partial charge in [-0.3, -0.25) is 9.59 Å². The average Bonchev–Trinajstić information content (AvgIpc) is 2.37. The fraction of sp³-hybridized carbons (Fsp3) is 0.385. The number of carbonyl (C=O) groups excluding carboxylic acids is 2. The molecule has 1 fully saturated rings. The molecule has 1 aromatic rings. The summed E-state index contributed by atoms with van der Waals surface area (Å²) in [5, 5.41) is 3.59. The minimum Gasteiger partial charge on any atom is -0.343 e. The number of halogens is 2. The predicted molar refractivity (Wildman–Crippen MR) is 74.1 cm³/mol. The first kappa shape index (κ1) is 14.2. The van der Waals surface area contributed by atoms with Crippen LogP contribution >= 0.6 is 23.2 Å². The summed E-state index contributed by atoms with van der Waals surface area (Å²) in [4.78, 5) is 25.2. The predicted octanol–water partition coefficient (Wildman–Crippen LogP) is 2.23. The van der Waals surface area contributed by atoms with Crippen molar-refractivity contribution in [1.29, 1.82) is 0 Å². The van der Waals surface area contributed by atoms with Crippen LogP contribution in [0.5, 0.6) is 0 Å². The quantitative estimate of drug-likeness (QED) is 0.930. The Hall–Kier alpha value is -1.26. The van der Waals surface area contributed by atoms with Crippen LogP contribution in [0.4, 0.5) is 0 Å². The molecule has 1 atom stereocenters. The van der Waals surface area contributed by atoms with Gasteiger partial charge in [-0.15, -0.1) is 0 Å². The molecule has 1 aliphatic heterocycles. The SMILES string of the molecule is CCC1NC(=O)CN(Cc2ccc(Cl)c(Cl)c2)C1=O. The Labute approximate surface area is 121 Å². The molecule has 19 heavy (non-hydrogen) atoms. The van der Waals surface area contributed by atoms with Crippen molar-refractivity contribution in [2.45, 2.75) is 25.9 Å². The smallest absolute Gasteiger partial charge is 0.245 e. The molecule has 1 heterocycles. The Kier molecular flexibility index (Phi) is 4.32. The molecule has 6 heteroatoms. The monoisotopic (exact) mass is 300 g/mol. The largest absolute Gasteiger partial charge is 0.343 e. The lowest BCUT2D eigenvalue weighted by Gasteiger charge is -2.32. The van der Waals surface area contributed by atoms with Crippen LogP contribution < -0.4 is 5.32 Å². The van der Waals surface area contributed by atoms with Crippen molar-refractivity contribution in [1.82, 2.24) is 10.2 Å². The van der Waals surface area contributed by atoms with Gasteiger partial charge < -0.3 is 10.2 Å². The molecule has 2 rings (SSSR count). The molecule has 0 radical (unpaired) electrons. The van der Waals surface area contributed by atoms with Gasteiger partial charge in [-0.25, -0.2) is 0 Å². The number of hydrogen-bond acceptors (Lipinski definition) is 2. The molecule has 1 saturated heterocycles. The molecule has 1 unspecified atom stereocenters. The Morgan fingerprint density at radius 2 is 2.05 bits per heavy atom. The molecule has 1 aromatic carbocycles. The van der Waals surface area contributed by atoms with Gasteiger partial charge >= 0.3 is 0 Å². The van der Waals surface area contributed by atoms with E-state index in [1.807, 2.05) is 6.92 Å². The number of hydrogen-bond donors (Lipinski definition) is 1. The summed E-state index contributed by atoms with van der Waals surface area (Å²) in [6.45, 7) is 2.31. The van der Waals surface area contributed by atoms with Gasteiger partial charge in [0.25, 0.3) is 0 Å². The molecule has 1 aliphatic rings. The third-order valence-corrected chi connectivity index (χ3v) is 3.78. The summed E-state index contributed by atoms with van der Waals surface area (Å²) < 4.78 is 0. The Bertz CT molecular complexity index is 519. The normalized spacial score (nSPS) is 19.5. The van der Waals surface area contributed by atoms with Crippen LogP contribution in [0.15, 0.2) is 18.2 Å². The summed E-state index contributed by atoms with van der Waals surface area (Å²) in [6, 6.07) is 4.77. The van der Waals surface area contributed by atoms with Gasteiger partial charge in [0.2, 0.25) is 11.8 Å². The van der Waals surface area contributed by atoms with E-state index < -0.39 is 6.04 Å². The van der Waals surface area contributed by atoms with E-state index in [4.69, 9.17) is 23.2 Å². The van der Waals surface area contributed by atoms with Crippen molar-refractivity contribution < 1.29 is 9.59 Å². The zero-order valence-corrected chi connectivity index (χ0v) is 12.0. The second-order valence-electron chi connectivity index (χ2n) is 4.47.